The average Bonchev–Trinajstić information content (AvgIpc) is 2.73. The molecule has 3 aromatic rings. The first-order valence-electron chi connectivity index (χ1n) is 8.60. The lowest BCUT2D eigenvalue weighted by molar-refractivity contribution is -0.136. The van der Waals surface area contributed by atoms with Crippen LogP contribution in [0.15, 0.2) is 72.8 Å². The Bertz CT molecular complexity index is 1050. The van der Waals surface area contributed by atoms with E-state index in [1.165, 1.54) is 0 Å². The van der Waals surface area contributed by atoms with Crippen LogP contribution in [0, 0.1) is 11.3 Å². The molecule has 6 heteroatoms. The maximum absolute atomic E-state index is 11.9. The molecule has 0 aliphatic rings. The lowest BCUT2D eigenvalue weighted by Crippen LogP contribution is -2.17. The Labute approximate surface area is 178 Å². The predicted octanol–water partition coefficient (Wildman–Crippen LogP) is 6.04. The molecule has 0 atom stereocenters. The Kier molecular flexibility index (Phi) is 6.91. The van der Waals surface area contributed by atoms with Crippen molar-refractivity contribution in [2.45, 2.75) is 0 Å². The van der Waals surface area contributed by atoms with Crippen molar-refractivity contribution >= 4 is 40.8 Å². The normalized spacial score (nSPS) is 10.9. The molecule has 0 saturated heterocycles. The molecule has 0 N–H and O–H groups in total. The van der Waals surface area contributed by atoms with E-state index < -0.39 is 5.97 Å². The van der Waals surface area contributed by atoms with Crippen LogP contribution in [-0.4, -0.2) is 12.6 Å². The molecule has 0 radical (unpaired) electrons. The van der Waals surface area contributed by atoms with Gasteiger partial charge in [0.2, 0.25) is 0 Å². The molecule has 4 nitrogen and oxygen atoms in total. The van der Waals surface area contributed by atoms with E-state index in [0.717, 1.165) is 11.1 Å². The van der Waals surface area contributed by atoms with Crippen LogP contribution in [-0.2, 0) is 4.79 Å². The zero-order chi connectivity index (χ0) is 20.6. The number of nitriles is 1. The van der Waals surface area contributed by atoms with E-state index in [9.17, 15) is 10.1 Å². The van der Waals surface area contributed by atoms with Gasteiger partial charge in [0.1, 0.15) is 11.5 Å². The first-order valence-corrected chi connectivity index (χ1v) is 9.36. The van der Waals surface area contributed by atoms with Crippen molar-refractivity contribution in [1.29, 1.82) is 5.26 Å². The number of esters is 1. The van der Waals surface area contributed by atoms with Crippen LogP contribution in [0.3, 0.4) is 0 Å². The number of carbonyl (C=O) groups excluding carboxylic acids is 1. The van der Waals surface area contributed by atoms with Gasteiger partial charge in [0.05, 0.1) is 11.6 Å². The molecule has 0 fully saturated rings. The van der Waals surface area contributed by atoms with Crippen molar-refractivity contribution in [1.82, 2.24) is 0 Å². The third-order valence-corrected chi connectivity index (χ3v) is 4.37. The maximum Gasteiger partial charge on any atom is 0.349 e. The van der Waals surface area contributed by atoms with Crippen molar-refractivity contribution in [2.75, 3.05) is 6.61 Å². The summed E-state index contributed by atoms with van der Waals surface area (Å²) in [6.45, 7) is -0.224. The second kappa shape index (κ2) is 9.79. The SMILES string of the molecule is N#C/C(=C/c1ccc(OC(=O)COc2ccc(Cl)cc2)cc1)c1ccc(Cl)cc1. The number of ether oxygens (including phenoxy) is 2. The molecule has 0 aliphatic heterocycles. The highest BCUT2D eigenvalue weighted by Crippen LogP contribution is 2.21. The second-order valence-corrected chi connectivity index (χ2v) is 6.84. The van der Waals surface area contributed by atoms with Crippen LogP contribution < -0.4 is 9.47 Å². The highest BCUT2D eigenvalue weighted by atomic mass is 35.5. The lowest BCUT2D eigenvalue weighted by Gasteiger charge is -2.07. The summed E-state index contributed by atoms with van der Waals surface area (Å²) in [6.07, 6.45) is 1.75. The first-order chi connectivity index (χ1) is 14.0. The van der Waals surface area contributed by atoms with E-state index in [2.05, 4.69) is 6.07 Å². The zero-order valence-electron chi connectivity index (χ0n) is 15.1. The number of halogens is 2. The number of allylic oxidation sites excluding steroid dienone is 1. The summed E-state index contributed by atoms with van der Waals surface area (Å²) in [5.74, 6) is 0.386. The van der Waals surface area contributed by atoms with Gasteiger partial charge in [0.25, 0.3) is 0 Å². The van der Waals surface area contributed by atoms with E-state index >= 15 is 0 Å². The highest BCUT2D eigenvalue weighted by molar-refractivity contribution is 6.30. The summed E-state index contributed by atoms with van der Waals surface area (Å²) in [6, 6.07) is 22.7. The van der Waals surface area contributed by atoms with Crippen LogP contribution in [0.2, 0.25) is 10.0 Å². The summed E-state index contributed by atoms with van der Waals surface area (Å²) in [7, 11) is 0. The Morgan fingerprint density at radius 3 is 2.00 bits per heavy atom. The first kappa shape index (κ1) is 20.5. The highest BCUT2D eigenvalue weighted by Gasteiger charge is 2.07. The fourth-order valence-electron chi connectivity index (χ4n) is 2.44. The van der Waals surface area contributed by atoms with Crippen LogP contribution in [0.4, 0.5) is 0 Å². The molecule has 0 heterocycles. The van der Waals surface area contributed by atoms with Gasteiger partial charge in [-0.3, -0.25) is 0 Å². The Balaban J connectivity index is 1.60. The van der Waals surface area contributed by atoms with E-state index in [0.29, 0.717) is 27.1 Å². The number of benzene rings is 3. The number of rotatable bonds is 6. The van der Waals surface area contributed by atoms with E-state index in [1.807, 2.05) is 0 Å². The van der Waals surface area contributed by atoms with Gasteiger partial charge in [-0.1, -0.05) is 47.5 Å². The van der Waals surface area contributed by atoms with Crippen molar-refractivity contribution in [3.05, 3.63) is 94.0 Å². The molecule has 0 bridgehead atoms. The van der Waals surface area contributed by atoms with E-state index in [-0.39, 0.29) is 6.61 Å². The number of nitrogens with zero attached hydrogens (tertiary/aromatic N) is 1. The third-order valence-electron chi connectivity index (χ3n) is 3.87. The molecule has 0 spiro atoms. The summed E-state index contributed by atoms with van der Waals surface area (Å²) in [5, 5.41) is 10.6. The third kappa shape index (κ3) is 6.11. The Hall–Kier alpha value is -3.26. The monoisotopic (exact) mass is 423 g/mol. The number of hydrogen-bond donors (Lipinski definition) is 0. The predicted molar refractivity (Wildman–Crippen MR) is 114 cm³/mol. The summed E-state index contributed by atoms with van der Waals surface area (Å²) in [5.41, 5.74) is 2.07. The second-order valence-electron chi connectivity index (χ2n) is 5.96. The number of hydrogen-bond acceptors (Lipinski definition) is 4. The molecule has 0 saturated carbocycles. The van der Waals surface area contributed by atoms with Crippen LogP contribution in [0.25, 0.3) is 11.6 Å². The molecular weight excluding hydrogens is 409 g/mol. The van der Waals surface area contributed by atoms with Gasteiger partial charge in [-0.2, -0.15) is 5.26 Å². The van der Waals surface area contributed by atoms with Gasteiger partial charge >= 0.3 is 5.97 Å². The Morgan fingerprint density at radius 1 is 0.862 bits per heavy atom. The topological polar surface area (TPSA) is 59.3 Å². The van der Waals surface area contributed by atoms with Crippen molar-refractivity contribution in [3.63, 3.8) is 0 Å². The van der Waals surface area contributed by atoms with Crippen molar-refractivity contribution in [3.8, 4) is 17.6 Å². The quantitative estimate of drug-likeness (QED) is 0.209. The molecular formula is C23H15Cl2NO3. The van der Waals surface area contributed by atoms with Gasteiger partial charge in [0.15, 0.2) is 6.61 Å². The van der Waals surface area contributed by atoms with Crippen LogP contribution >= 0.6 is 23.2 Å². The smallest absolute Gasteiger partial charge is 0.349 e. The van der Waals surface area contributed by atoms with Gasteiger partial charge in [0, 0.05) is 10.0 Å². The summed E-state index contributed by atoms with van der Waals surface area (Å²) in [4.78, 5) is 11.9. The zero-order valence-corrected chi connectivity index (χ0v) is 16.7. The van der Waals surface area contributed by atoms with Gasteiger partial charge < -0.3 is 9.47 Å². The molecule has 29 heavy (non-hydrogen) atoms. The fraction of sp³-hybridized carbons (Fsp3) is 0.0435. The van der Waals surface area contributed by atoms with Crippen molar-refractivity contribution < 1.29 is 14.3 Å². The minimum absolute atomic E-state index is 0.224. The molecule has 144 valence electrons. The maximum atomic E-state index is 11.9. The van der Waals surface area contributed by atoms with Crippen molar-refractivity contribution in [2.24, 2.45) is 0 Å². The molecule has 3 rings (SSSR count). The Morgan fingerprint density at radius 2 is 1.41 bits per heavy atom. The summed E-state index contributed by atoms with van der Waals surface area (Å²) >= 11 is 11.7. The average molecular weight is 424 g/mol. The minimum Gasteiger partial charge on any atom is -0.482 e. The fourth-order valence-corrected chi connectivity index (χ4v) is 2.69. The molecule has 0 aliphatic carbocycles. The molecule has 0 unspecified atom stereocenters. The van der Waals surface area contributed by atoms with Gasteiger partial charge in [-0.15, -0.1) is 0 Å². The van der Waals surface area contributed by atoms with Gasteiger partial charge in [-0.05, 0) is 65.7 Å². The number of carbonyl (C=O) groups is 1. The molecule has 3 aromatic carbocycles. The molecule has 0 amide bonds. The van der Waals surface area contributed by atoms with Gasteiger partial charge in [-0.25, -0.2) is 4.79 Å². The van der Waals surface area contributed by atoms with Crippen LogP contribution in [0.1, 0.15) is 11.1 Å². The summed E-state index contributed by atoms with van der Waals surface area (Å²) < 4.78 is 10.6. The standard InChI is InChI=1S/C23H15Cl2NO3/c24-19-5-3-17(4-6-19)18(14-26)13-16-1-9-22(10-2-16)29-23(27)15-28-21-11-7-20(25)8-12-21/h1-13H,15H2/b18-13-. The molecule has 0 aromatic heterocycles. The largest absolute Gasteiger partial charge is 0.482 e. The van der Waals surface area contributed by atoms with Crippen LogP contribution in [0.5, 0.6) is 11.5 Å². The lowest BCUT2D eigenvalue weighted by atomic mass is 10.0. The van der Waals surface area contributed by atoms with E-state index in [4.69, 9.17) is 32.7 Å². The van der Waals surface area contributed by atoms with E-state index in [1.54, 1.807) is 78.9 Å². The minimum atomic E-state index is -0.526.